The zero-order chi connectivity index (χ0) is 15.4. The van der Waals surface area contributed by atoms with E-state index in [0.717, 1.165) is 31.9 Å². The summed E-state index contributed by atoms with van der Waals surface area (Å²) in [5.74, 6) is 0.796. The molecular formula is C17H19N5. The van der Waals surface area contributed by atoms with Crippen LogP contribution in [0.3, 0.4) is 0 Å². The van der Waals surface area contributed by atoms with E-state index in [4.69, 9.17) is 5.26 Å². The Kier molecular flexibility index (Phi) is 4.31. The van der Waals surface area contributed by atoms with Crippen LogP contribution in [0.15, 0.2) is 42.7 Å². The van der Waals surface area contributed by atoms with E-state index in [1.165, 1.54) is 11.8 Å². The highest BCUT2D eigenvalue weighted by Crippen LogP contribution is 2.18. The highest BCUT2D eigenvalue weighted by atomic mass is 15.3. The molecule has 0 unspecified atom stereocenters. The SMILES string of the molecule is CN1CCN(c2cncc(C#N)n2)C[C@H]1Cc1ccccc1. The van der Waals surface area contributed by atoms with Crippen molar-refractivity contribution in [2.75, 3.05) is 31.6 Å². The Morgan fingerprint density at radius 2 is 2.05 bits per heavy atom. The number of rotatable bonds is 3. The number of likely N-dealkylation sites (N-methyl/N-ethyl adjacent to an activating group) is 1. The monoisotopic (exact) mass is 293 g/mol. The Morgan fingerprint density at radius 3 is 2.82 bits per heavy atom. The van der Waals surface area contributed by atoms with Crippen LogP contribution in [-0.2, 0) is 6.42 Å². The van der Waals surface area contributed by atoms with Gasteiger partial charge in [0.15, 0.2) is 5.69 Å². The molecule has 0 amide bonds. The second-order valence-corrected chi connectivity index (χ2v) is 5.64. The lowest BCUT2D eigenvalue weighted by molar-refractivity contribution is 0.216. The van der Waals surface area contributed by atoms with Crippen LogP contribution in [0.1, 0.15) is 11.3 Å². The quantitative estimate of drug-likeness (QED) is 0.862. The first-order valence-corrected chi connectivity index (χ1v) is 7.47. The van der Waals surface area contributed by atoms with E-state index in [9.17, 15) is 0 Å². The van der Waals surface area contributed by atoms with Crippen molar-refractivity contribution in [2.24, 2.45) is 0 Å². The maximum atomic E-state index is 8.97. The molecule has 5 heteroatoms. The molecule has 22 heavy (non-hydrogen) atoms. The van der Waals surface area contributed by atoms with Crippen molar-refractivity contribution in [3.05, 3.63) is 54.0 Å². The number of anilines is 1. The van der Waals surface area contributed by atoms with E-state index in [1.54, 1.807) is 6.20 Å². The lowest BCUT2D eigenvalue weighted by Crippen LogP contribution is -2.52. The van der Waals surface area contributed by atoms with Gasteiger partial charge in [-0.15, -0.1) is 0 Å². The molecule has 0 spiro atoms. The third-order valence-corrected chi connectivity index (χ3v) is 4.15. The number of hydrogen-bond donors (Lipinski definition) is 0. The van der Waals surface area contributed by atoms with Crippen molar-refractivity contribution in [3.8, 4) is 6.07 Å². The van der Waals surface area contributed by atoms with Crippen LogP contribution >= 0.6 is 0 Å². The van der Waals surface area contributed by atoms with Crippen LogP contribution in [0, 0.1) is 11.3 Å². The van der Waals surface area contributed by atoms with Gasteiger partial charge in [0.25, 0.3) is 0 Å². The molecule has 0 N–H and O–H groups in total. The van der Waals surface area contributed by atoms with Gasteiger partial charge in [0.05, 0.1) is 12.4 Å². The molecule has 1 aromatic heterocycles. The minimum Gasteiger partial charge on any atom is -0.352 e. The van der Waals surface area contributed by atoms with Gasteiger partial charge in [0.2, 0.25) is 0 Å². The molecule has 5 nitrogen and oxygen atoms in total. The van der Waals surface area contributed by atoms with Crippen LogP contribution in [0.5, 0.6) is 0 Å². The Labute approximate surface area is 130 Å². The first-order chi connectivity index (χ1) is 10.8. The van der Waals surface area contributed by atoms with E-state index in [-0.39, 0.29) is 0 Å². The van der Waals surface area contributed by atoms with E-state index < -0.39 is 0 Å². The molecule has 1 fully saturated rings. The van der Waals surface area contributed by atoms with Crippen molar-refractivity contribution in [1.29, 1.82) is 5.26 Å². The molecule has 2 aromatic rings. The highest BCUT2D eigenvalue weighted by molar-refractivity contribution is 5.39. The molecule has 0 saturated carbocycles. The lowest BCUT2D eigenvalue weighted by Gasteiger charge is -2.40. The number of benzene rings is 1. The van der Waals surface area contributed by atoms with E-state index in [1.807, 2.05) is 6.07 Å². The fraction of sp³-hybridized carbons (Fsp3) is 0.353. The van der Waals surface area contributed by atoms with Gasteiger partial charge < -0.3 is 4.90 Å². The minimum absolute atomic E-state index is 0.371. The van der Waals surface area contributed by atoms with Crippen molar-refractivity contribution in [2.45, 2.75) is 12.5 Å². The average molecular weight is 293 g/mol. The third kappa shape index (κ3) is 3.23. The van der Waals surface area contributed by atoms with Gasteiger partial charge in [-0.25, -0.2) is 4.98 Å². The van der Waals surface area contributed by atoms with Crippen molar-refractivity contribution in [3.63, 3.8) is 0 Å². The largest absolute Gasteiger partial charge is 0.352 e. The Bertz CT molecular complexity index is 664. The summed E-state index contributed by atoms with van der Waals surface area (Å²) >= 11 is 0. The summed E-state index contributed by atoms with van der Waals surface area (Å²) in [5, 5.41) is 8.97. The standard InChI is InChI=1S/C17H19N5/c1-21-7-8-22(17-12-19-11-15(10-18)20-17)13-16(21)9-14-5-3-2-4-6-14/h2-6,11-12,16H,7-9,13H2,1H3/t16-/m1/s1. The Morgan fingerprint density at radius 1 is 1.23 bits per heavy atom. The van der Waals surface area contributed by atoms with Gasteiger partial charge in [-0.3, -0.25) is 9.88 Å². The van der Waals surface area contributed by atoms with Crippen LogP contribution < -0.4 is 4.90 Å². The molecule has 1 aliphatic rings. The van der Waals surface area contributed by atoms with Gasteiger partial charge in [0, 0.05) is 25.7 Å². The van der Waals surface area contributed by atoms with Gasteiger partial charge >= 0.3 is 0 Å². The van der Waals surface area contributed by atoms with Gasteiger partial charge in [-0.1, -0.05) is 30.3 Å². The molecule has 1 saturated heterocycles. The summed E-state index contributed by atoms with van der Waals surface area (Å²) in [6.07, 6.45) is 4.26. The second-order valence-electron chi connectivity index (χ2n) is 5.64. The topological polar surface area (TPSA) is 56.0 Å². The summed E-state index contributed by atoms with van der Waals surface area (Å²) in [5.41, 5.74) is 1.72. The van der Waals surface area contributed by atoms with E-state index in [0.29, 0.717) is 11.7 Å². The predicted octanol–water partition coefficient (Wildman–Crippen LogP) is 1.71. The molecule has 1 aromatic carbocycles. The molecule has 0 aliphatic carbocycles. The van der Waals surface area contributed by atoms with E-state index >= 15 is 0 Å². The third-order valence-electron chi connectivity index (χ3n) is 4.15. The molecule has 112 valence electrons. The maximum absolute atomic E-state index is 8.97. The summed E-state index contributed by atoms with van der Waals surface area (Å²) in [4.78, 5) is 13.1. The van der Waals surface area contributed by atoms with Gasteiger partial charge in [-0.05, 0) is 19.0 Å². The average Bonchev–Trinajstić information content (AvgIpc) is 2.58. The smallest absolute Gasteiger partial charge is 0.161 e. The molecule has 3 rings (SSSR count). The summed E-state index contributed by atoms with van der Waals surface area (Å²) in [6, 6.07) is 13.0. The fourth-order valence-electron chi connectivity index (χ4n) is 2.82. The van der Waals surface area contributed by atoms with Crippen LogP contribution in [0.4, 0.5) is 5.82 Å². The zero-order valence-corrected chi connectivity index (χ0v) is 12.7. The first kappa shape index (κ1) is 14.5. The zero-order valence-electron chi connectivity index (χ0n) is 12.7. The van der Waals surface area contributed by atoms with Crippen molar-refractivity contribution < 1.29 is 0 Å². The number of nitriles is 1. The number of aromatic nitrogens is 2. The number of piperazine rings is 1. The molecular weight excluding hydrogens is 274 g/mol. The molecule has 0 bridgehead atoms. The van der Waals surface area contributed by atoms with E-state index in [2.05, 4.69) is 57.2 Å². The number of nitrogens with zero attached hydrogens (tertiary/aromatic N) is 5. The van der Waals surface area contributed by atoms with Crippen molar-refractivity contribution in [1.82, 2.24) is 14.9 Å². The van der Waals surface area contributed by atoms with Gasteiger partial charge in [0.1, 0.15) is 11.9 Å². The Hall–Kier alpha value is -2.45. The second kappa shape index (κ2) is 6.54. The van der Waals surface area contributed by atoms with Crippen LogP contribution in [0.25, 0.3) is 0 Å². The molecule has 1 aliphatic heterocycles. The minimum atomic E-state index is 0.371. The van der Waals surface area contributed by atoms with Crippen molar-refractivity contribution >= 4 is 5.82 Å². The summed E-state index contributed by atoms with van der Waals surface area (Å²) in [7, 11) is 2.17. The molecule has 0 radical (unpaired) electrons. The fourth-order valence-corrected chi connectivity index (χ4v) is 2.82. The molecule has 1 atom stereocenters. The lowest BCUT2D eigenvalue weighted by atomic mass is 10.0. The first-order valence-electron chi connectivity index (χ1n) is 7.47. The van der Waals surface area contributed by atoms with Gasteiger partial charge in [-0.2, -0.15) is 5.26 Å². The summed E-state index contributed by atoms with van der Waals surface area (Å²) in [6.45, 7) is 2.79. The normalized spacial score (nSPS) is 18.9. The Balaban J connectivity index is 1.74. The van der Waals surface area contributed by atoms with Crippen LogP contribution in [-0.4, -0.2) is 47.6 Å². The van der Waals surface area contributed by atoms with Crippen LogP contribution in [0.2, 0.25) is 0 Å². The highest BCUT2D eigenvalue weighted by Gasteiger charge is 2.25. The molecule has 2 heterocycles. The number of hydrogen-bond acceptors (Lipinski definition) is 5. The maximum Gasteiger partial charge on any atom is 0.161 e. The summed E-state index contributed by atoms with van der Waals surface area (Å²) < 4.78 is 0. The predicted molar refractivity (Wildman–Crippen MR) is 85.5 cm³/mol.